The minimum absolute atomic E-state index is 0.778. The Bertz CT molecular complexity index is 488. The monoisotopic (exact) mass is 243 g/mol. The summed E-state index contributed by atoms with van der Waals surface area (Å²) in [5.74, 6) is 0. The maximum absolute atomic E-state index is 4.03. The molecule has 0 radical (unpaired) electrons. The smallest absolute Gasteiger partial charge is 0.0697 e. The minimum atomic E-state index is 0.778. The Balaban J connectivity index is 1.84. The Hall–Kier alpha value is -1.88. The molecule has 1 aromatic carbocycles. The van der Waals surface area contributed by atoms with Gasteiger partial charge in [-0.15, -0.1) is 5.10 Å². The second-order valence-corrected chi connectivity index (χ2v) is 4.47. The molecule has 2 aromatic rings. The predicted molar refractivity (Wildman–Crippen MR) is 70.6 cm³/mol. The van der Waals surface area contributed by atoms with Gasteiger partial charge in [-0.05, 0) is 11.6 Å². The van der Waals surface area contributed by atoms with Gasteiger partial charge in [0.2, 0.25) is 0 Å². The Labute approximate surface area is 106 Å². The van der Waals surface area contributed by atoms with Gasteiger partial charge in [-0.25, -0.2) is 4.68 Å². The van der Waals surface area contributed by atoms with Gasteiger partial charge in [-0.2, -0.15) is 0 Å². The summed E-state index contributed by atoms with van der Waals surface area (Å²) in [6.45, 7) is 5.01. The van der Waals surface area contributed by atoms with Crippen LogP contribution < -0.4 is 10.2 Å². The van der Waals surface area contributed by atoms with Gasteiger partial charge in [0, 0.05) is 38.1 Å². The maximum Gasteiger partial charge on any atom is 0.0697 e. The second kappa shape index (κ2) is 5.18. The molecule has 1 saturated heterocycles. The van der Waals surface area contributed by atoms with Crippen molar-refractivity contribution in [2.24, 2.45) is 0 Å². The number of nitrogens with one attached hydrogen (secondary N) is 1. The molecule has 0 atom stereocenters. The van der Waals surface area contributed by atoms with Crippen molar-refractivity contribution in [1.29, 1.82) is 0 Å². The molecule has 5 nitrogen and oxygen atoms in total. The number of hydrogen-bond acceptors (Lipinski definition) is 4. The van der Waals surface area contributed by atoms with Crippen LogP contribution in [-0.2, 0) is 6.54 Å². The number of piperazine rings is 1. The van der Waals surface area contributed by atoms with Crippen molar-refractivity contribution in [2.75, 3.05) is 31.1 Å². The number of para-hydroxylation sites is 1. The van der Waals surface area contributed by atoms with Crippen molar-refractivity contribution in [3.8, 4) is 0 Å². The zero-order valence-corrected chi connectivity index (χ0v) is 10.3. The maximum atomic E-state index is 4.03. The average molecular weight is 243 g/mol. The second-order valence-electron chi connectivity index (χ2n) is 4.47. The summed E-state index contributed by atoms with van der Waals surface area (Å²) in [5.41, 5.74) is 2.61. The normalized spacial score (nSPS) is 15.9. The Morgan fingerprint density at radius 3 is 2.78 bits per heavy atom. The molecule has 5 heteroatoms. The molecular formula is C13H17N5. The lowest BCUT2D eigenvalue weighted by molar-refractivity contribution is 0.584. The van der Waals surface area contributed by atoms with Crippen molar-refractivity contribution in [2.45, 2.75) is 6.54 Å². The van der Waals surface area contributed by atoms with Crippen LogP contribution in [-0.4, -0.2) is 41.2 Å². The van der Waals surface area contributed by atoms with Crippen LogP contribution in [0.4, 0.5) is 5.69 Å². The van der Waals surface area contributed by atoms with Gasteiger partial charge in [0.25, 0.3) is 0 Å². The first-order chi connectivity index (χ1) is 8.93. The van der Waals surface area contributed by atoms with Crippen LogP contribution in [0, 0.1) is 0 Å². The van der Waals surface area contributed by atoms with E-state index in [-0.39, 0.29) is 0 Å². The summed E-state index contributed by atoms with van der Waals surface area (Å²) in [6, 6.07) is 8.54. The number of aromatic nitrogens is 3. The van der Waals surface area contributed by atoms with Gasteiger partial charge >= 0.3 is 0 Å². The molecule has 0 bridgehead atoms. The molecule has 2 heterocycles. The summed E-state index contributed by atoms with van der Waals surface area (Å²) in [6.07, 6.45) is 3.61. The summed E-state index contributed by atoms with van der Waals surface area (Å²) in [5, 5.41) is 11.3. The zero-order valence-electron chi connectivity index (χ0n) is 10.3. The third-order valence-electron chi connectivity index (χ3n) is 3.25. The molecule has 1 aromatic heterocycles. The summed E-state index contributed by atoms with van der Waals surface area (Å²) in [4.78, 5) is 2.43. The molecule has 1 N–H and O–H groups in total. The van der Waals surface area contributed by atoms with Gasteiger partial charge in [0.1, 0.15) is 0 Å². The Morgan fingerprint density at radius 2 is 2.00 bits per heavy atom. The molecule has 18 heavy (non-hydrogen) atoms. The number of rotatable bonds is 3. The highest BCUT2D eigenvalue weighted by Crippen LogP contribution is 2.21. The zero-order chi connectivity index (χ0) is 12.2. The van der Waals surface area contributed by atoms with Crippen molar-refractivity contribution < 1.29 is 0 Å². The summed E-state index contributed by atoms with van der Waals surface area (Å²) >= 11 is 0. The molecule has 0 aliphatic carbocycles. The lowest BCUT2D eigenvalue weighted by Crippen LogP contribution is -2.43. The standard InChI is InChI=1S/C13H17N5/c1-2-4-13(17-8-5-14-6-9-17)12(3-1)11-18-10-7-15-16-18/h1-4,7,10,14H,5-6,8-9,11H2. The quantitative estimate of drug-likeness (QED) is 0.863. The fourth-order valence-electron chi connectivity index (χ4n) is 2.35. The molecule has 0 amide bonds. The molecule has 0 saturated carbocycles. The van der Waals surface area contributed by atoms with E-state index in [1.54, 1.807) is 6.20 Å². The van der Waals surface area contributed by atoms with E-state index >= 15 is 0 Å². The third kappa shape index (κ3) is 2.36. The van der Waals surface area contributed by atoms with Crippen LogP contribution in [0.15, 0.2) is 36.7 Å². The van der Waals surface area contributed by atoms with Gasteiger partial charge in [-0.1, -0.05) is 23.4 Å². The van der Waals surface area contributed by atoms with Crippen molar-refractivity contribution in [3.63, 3.8) is 0 Å². The number of benzene rings is 1. The molecule has 1 fully saturated rings. The van der Waals surface area contributed by atoms with Gasteiger partial charge < -0.3 is 10.2 Å². The lowest BCUT2D eigenvalue weighted by atomic mass is 10.1. The molecule has 94 valence electrons. The van der Waals surface area contributed by atoms with Crippen LogP contribution in [0.3, 0.4) is 0 Å². The van der Waals surface area contributed by atoms with Gasteiger partial charge in [0.05, 0.1) is 12.7 Å². The first-order valence-electron chi connectivity index (χ1n) is 6.31. The van der Waals surface area contributed by atoms with E-state index in [0.29, 0.717) is 0 Å². The SMILES string of the molecule is c1ccc(N2CCNCC2)c(Cn2ccnn2)c1. The van der Waals surface area contributed by atoms with Crippen LogP contribution >= 0.6 is 0 Å². The van der Waals surface area contributed by atoms with E-state index in [2.05, 4.69) is 44.8 Å². The van der Waals surface area contributed by atoms with Crippen LogP contribution in [0.1, 0.15) is 5.56 Å². The average Bonchev–Trinajstić information content (AvgIpc) is 2.93. The lowest BCUT2D eigenvalue weighted by Gasteiger charge is -2.31. The van der Waals surface area contributed by atoms with Crippen LogP contribution in [0.25, 0.3) is 0 Å². The van der Waals surface area contributed by atoms with Gasteiger partial charge in [-0.3, -0.25) is 0 Å². The molecule has 3 rings (SSSR count). The van der Waals surface area contributed by atoms with E-state index in [4.69, 9.17) is 0 Å². The number of nitrogens with zero attached hydrogens (tertiary/aromatic N) is 4. The largest absolute Gasteiger partial charge is 0.369 e. The molecule has 1 aliphatic rings. The van der Waals surface area contributed by atoms with Crippen molar-refractivity contribution in [3.05, 3.63) is 42.2 Å². The topological polar surface area (TPSA) is 46.0 Å². The van der Waals surface area contributed by atoms with Crippen molar-refractivity contribution in [1.82, 2.24) is 20.3 Å². The first kappa shape index (κ1) is 11.2. The predicted octanol–water partition coefficient (Wildman–Crippen LogP) is 0.736. The molecule has 1 aliphatic heterocycles. The fourth-order valence-corrected chi connectivity index (χ4v) is 2.35. The Kier molecular flexibility index (Phi) is 3.23. The molecular weight excluding hydrogens is 226 g/mol. The fraction of sp³-hybridized carbons (Fsp3) is 0.385. The Morgan fingerprint density at radius 1 is 1.17 bits per heavy atom. The third-order valence-corrected chi connectivity index (χ3v) is 3.25. The first-order valence-corrected chi connectivity index (χ1v) is 6.31. The highest BCUT2D eigenvalue weighted by atomic mass is 15.4. The summed E-state index contributed by atoms with van der Waals surface area (Å²) < 4.78 is 1.86. The highest BCUT2D eigenvalue weighted by Gasteiger charge is 2.13. The molecule has 0 unspecified atom stereocenters. The van der Waals surface area contributed by atoms with Crippen molar-refractivity contribution >= 4 is 5.69 Å². The van der Waals surface area contributed by atoms with E-state index in [1.165, 1.54) is 11.3 Å². The van der Waals surface area contributed by atoms with Crippen LogP contribution in [0.5, 0.6) is 0 Å². The highest BCUT2D eigenvalue weighted by molar-refractivity contribution is 5.54. The van der Waals surface area contributed by atoms with Crippen LogP contribution in [0.2, 0.25) is 0 Å². The van der Waals surface area contributed by atoms with E-state index in [9.17, 15) is 0 Å². The number of hydrogen-bond donors (Lipinski definition) is 1. The van der Waals surface area contributed by atoms with E-state index < -0.39 is 0 Å². The van der Waals surface area contributed by atoms with E-state index in [1.807, 2.05) is 10.9 Å². The van der Waals surface area contributed by atoms with E-state index in [0.717, 1.165) is 32.7 Å². The number of anilines is 1. The molecule has 0 spiro atoms. The minimum Gasteiger partial charge on any atom is -0.369 e. The van der Waals surface area contributed by atoms with Gasteiger partial charge in [0.15, 0.2) is 0 Å². The summed E-state index contributed by atoms with van der Waals surface area (Å²) in [7, 11) is 0.